The first kappa shape index (κ1) is 21.4. The van der Waals surface area contributed by atoms with E-state index in [-0.39, 0.29) is 10.9 Å². The summed E-state index contributed by atoms with van der Waals surface area (Å²) >= 11 is 0. The Morgan fingerprint density at radius 1 is 1.00 bits per heavy atom. The number of nitro groups is 1. The number of fused-ring (bicyclic) bond motifs is 1. The van der Waals surface area contributed by atoms with E-state index >= 15 is 0 Å². The molecule has 0 saturated heterocycles. The smallest absolute Gasteiger partial charge is 0.289 e. The van der Waals surface area contributed by atoms with Crippen LogP contribution in [0.5, 0.6) is 0 Å². The molecule has 0 radical (unpaired) electrons. The predicted octanol–water partition coefficient (Wildman–Crippen LogP) is 4.85. The Kier molecular flexibility index (Phi) is 5.58. The highest BCUT2D eigenvalue weighted by atomic mass is 32.2. The third-order valence-electron chi connectivity index (χ3n) is 5.19. The largest absolute Gasteiger partial charge is 0.363 e. The summed E-state index contributed by atoms with van der Waals surface area (Å²) in [6.45, 7) is 3.77. The van der Waals surface area contributed by atoms with Gasteiger partial charge in [0.1, 0.15) is 12.1 Å². The minimum Gasteiger partial charge on any atom is -0.363 e. The number of aromatic nitrogens is 2. The molecule has 0 aliphatic carbocycles. The number of hydrogen-bond acceptors (Lipinski definition) is 7. The van der Waals surface area contributed by atoms with Gasteiger partial charge in [0.25, 0.3) is 5.69 Å². The summed E-state index contributed by atoms with van der Waals surface area (Å²) in [6.07, 6.45) is 1.30. The van der Waals surface area contributed by atoms with Crippen LogP contribution in [0.3, 0.4) is 0 Å². The second-order valence-corrected chi connectivity index (χ2v) is 9.33. The number of aryl methyl sites for hydroxylation is 1. The van der Waals surface area contributed by atoms with E-state index in [9.17, 15) is 18.5 Å². The van der Waals surface area contributed by atoms with Gasteiger partial charge in [0.05, 0.1) is 15.3 Å². The zero-order chi connectivity index (χ0) is 22.9. The van der Waals surface area contributed by atoms with Crippen molar-refractivity contribution in [3.05, 3.63) is 94.3 Å². The van der Waals surface area contributed by atoms with Gasteiger partial charge in [-0.1, -0.05) is 48.0 Å². The molecule has 1 atom stereocenters. The van der Waals surface area contributed by atoms with Gasteiger partial charge in [0, 0.05) is 17.5 Å². The van der Waals surface area contributed by atoms with Crippen molar-refractivity contribution < 1.29 is 13.3 Å². The molecule has 162 valence electrons. The van der Waals surface area contributed by atoms with E-state index in [1.807, 2.05) is 44.2 Å². The lowest BCUT2D eigenvalue weighted by Crippen LogP contribution is -2.10. The van der Waals surface area contributed by atoms with E-state index in [1.54, 1.807) is 12.1 Å². The van der Waals surface area contributed by atoms with Gasteiger partial charge in [-0.15, -0.1) is 0 Å². The van der Waals surface area contributed by atoms with Crippen molar-refractivity contribution in [2.75, 3.05) is 5.32 Å². The van der Waals surface area contributed by atoms with E-state index in [1.165, 1.54) is 30.6 Å². The molecule has 3 aromatic carbocycles. The van der Waals surface area contributed by atoms with Crippen molar-refractivity contribution in [3.63, 3.8) is 0 Å². The Balaban J connectivity index is 1.84. The lowest BCUT2D eigenvalue weighted by atomic mass is 10.1. The molecule has 0 saturated carbocycles. The van der Waals surface area contributed by atoms with Crippen LogP contribution < -0.4 is 5.32 Å². The van der Waals surface area contributed by atoms with Gasteiger partial charge < -0.3 is 5.32 Å². The summed E-state index contributed by atoms with van der Waals surface area (Å²) in [5.74, 6) is 0.383. The van der Waals surface area contributed by atoms with Gasteiger partial charge in [-0.25, -0.2) is 18.4 Å². The lowest BCUT2D eigenvalue weighted by Gasteiger charge is -2.16. The number of nitrogens with zero attached hydrogens (tertiary/aromatic N) is 3. The molecule has 0 spiro atoms. The first-order chi connectivity index (χ1) is 15.3. The molecule has 0 fully saturated rings. The predicted molar refractivity (Wildman–Crippen MR) is 121 cm³/mol. The second kappa shape index (κ2) is 8.35. The first-order valence-electron chi connectivity index (χ1n) is 9.84. The van der Waals surface area contributed by atoms with Crippen molar-refractivity contribution in [1.29, 1.82) is 0 Å². The van der Waals surface area contributed by atoms with Crippen molar-refractivity contribution in [2.24, 2.45) is 0 Å². The Bertz CT molecular complexity index is 1410. The summed E-state index contributed by atoms with van der Waals surface area (Å²) in [5.41, 5.74) is 1.66. The maximum absolute atomic E-state index is 13.2. The van der Waals surface area contributed by atoms with Gasteiger partial charge in [-0.3, -0.25) is 10.1 Å². The number of anilines is 1. The van der Waals surface area contributed by atoms with Crippen LogP contribution in [-0.4, -0.2) is 23.3 Å². The molecule has 0 amide bonds. The Hall–Kier alpha value is -3.85. The quantitative estimate of drug-likeness (QED) is 0.331. The Morgan fingerprint density at radius 3 is 2.34 bits per heavy atom. The molecular weight excluding hydrogens is 428 g/mol. The van der Waals surface area contributed by atoms with Crippen LogP contribution >= 0.6 is 0 Å². The van der Waals surface area contributed by atoms with Crippen LogP contribution in [0.4, 0.5) is 11.5 Å². The molecule has 0 aliphatic rings. The average Bonchev–Trinajstić information content (AvgIpc) is 2.79. The Morgan fingerprint density at radius 2 is 1.69 bits per heavy atom. The molecule has 1 heterocycles. The summed E-state index contributed by atoms with van der Waals surface area (Å²) in [5, 5.41) is 15.4. The van der Waals surface area contributed by atoms with Gasteiger partial charge in [-0.2, -0.15) is 0 Å². The molecule has 0 bridgehead atoms. The molecule has 9 heteroatoms. The van der Waals surface area contributed by atoms with Crippen molar-refractivity contribution in [2.45, 2.75) is 29.7 Å². The first-order valence-corrected chi connectivity index (χ1v) is 11.3. The van der Waals surface area contributed by atoms with Crippen LogP contribution in [0.15, 0.2) is 82.8 Å². The normalized spacial score (nSPS) is 12.4. The van der Waals surface area contributed by atoms with Crippen molar-refractivity contribution in [1.82, 2.24) is 9.97 Å². The zero-order valence-corrected chi connectivity index (χ0v) is 18.2. The second-order valence-electron chi connectivity index (χ2n) is 7.41. The number of nitrogens with one attached hydrogen (secondary N) is 1. The summed E-state index contributed by atoms with van der Waals surface area (Å²) in [7, 11) is -4.12. The summed E-state index contributed by atoms with van der Waals surface area (Å²) in [4.78, 5) is 19.1. The fourth-order valence-corrected chi connectivity index (χ4v) is 4.84. The number of hydrogen-bond donors (Lipinski definition) is 1. The number of rotatable bonds is 6. The zero-order valence-electron chi connectivity index (χ0n) is 17.4. The van der Waals surface area contributed by atoms with Crippen LogP contribution in [0.1, 0.15) is 24.1 Å². The van der Waals surface area contributed by atoms with Crippen LogP contribution in [0.25, 0.3) is 10.9 Å². The van der Waals surface area contributed by atoms with E-state index < -0.39 is 25.3 Å². The maximum atomic E-state index is 13.2. The van der Waals surface area contributed by atoms with E-state index in [2.05, 4.69) is 15.3 Å². The monoisotopic (exact) mass is 448 g/mol. The van der Waals surface area contributed by atoms with E-state index in [0.717, 1.165) is 11.1 Å². The molecule has 4 aromatic rings. The molecule has 1 unspecified atom stereocenters. The highest BCUT2D eigenvalue weighted by Gasteiger charge is 2.29. The Labute approximate surface area is 185 Å². The third kappa shape index (κ3) is 4.02. The van der Waals surface area contributed by atoms with Gasteiger partial charge >= 0.3 is 0 Å². The fraction of sp³-hybridized carbons (Fsp3) is 0.130. The average molecular weight is 449 g/mol. The number of sulfone groups is 1. The molecule has 8 nitrogen and oxygen atoms in total. The number of benzene rings is 3. The maximum Gasteiger partial charge on any atom is 0.289 e. The highest BCUT2D eigenvalue weighted by molar-refractivity contribution is 7.91. The number of nitro benzene ring substituents is 1. The van der Waals surface area contributed by atoms with Crippen molar-refractivity contribution >= 4 is 32.2 Å². The topological polar surface area (TPSA) is 115 Å². The van der Waals surface area contributed by atoms with Gasteiger partial charge in [0.15, 0.2) is 4.90 Å². The van der Waals surface area contributed by atoms with Gasteiger partial charge in [0.2, 0.25) is 9.84 Å². The summed E-state index contributed by atoms with van der Waals surface area (Å²) in [6, 6.07) is 18.1. The van der Waals surface area contributed by atoms with Crippen LogP contribution in [0.2, 0.25) is 0 Å². The standard InChI is InChI=1S/C23H20N4O4S/c1-15-8-10-18(11-9-15)32(30,31)22-13-20-19(12-21(22)27(28)29)23(25-14-24-20)26-16(2)17-6-4-3-5-7-17/h3-14,16H,1-2H3,(H,24,25,26). The fourth-order valence-electron chi connectivity index (χ4n) is 3.42. The minimum atomic E-state index is -4.12. The molecule has 0 aliphatic heterocycles. The van der Waals surface area contributed by atoms with Crippen molar-refractivity contribution in [3.8, 4) is 0 Å². The lowest BCUT2D eigenvalue weighted by molar-refractivity contribution is -0.387. The van der Waals surface area contributed by atoms with E-state index in [4.69, 9.17) is 0 Å². The van der Waals surface area contributed by atoms with Crippen LogP contribution in [0, 0.1) is 17.0 Å². The SMILES string of the molecule is Cc1ccc(S(=O)(=O)c2cc3ncnc(NC(C)c4ccccc4)c3cc2[N+](=O)[O-])cc1. The van der Waals surface area contributed by atoms with Crippen LogP contribution in [-0.2, 0) is 9.84 Å². The summed E-state index contributed by atoms with van der Waals surface area (Å²) < 4.78 is 26.4. The molecular formula is C23H20N4O4S. The molecule has 32 heavy (non-hydrogen) atoms. The highest BCUT2D eigenvalue weighted by Crippen LogP contribution is 2.35. The molecule has 1 aromatic heterocycles. The minimum absolute atomic E-state index is 0.0179. The third-order valence-corrected chi connectivity index (χ3v) is 6.99. The molecule has 1 N–H and O–H groups in total. The molecule has 4 rings (SSSR count). The van der Waals surface area contributed by atoms with Gasteiger partial charge in [-0.05, 0) is 37.6 Å². The van der Waals surface area contributed by atoms with E-state index in [0.29, 0.717) is 16.7 Å².